The lowest BCUT2D eigenvalue weighted by molar-refractivity contribution is -0.121. The lowest BCUT2D eigenvalue weighted by Gasteiger charge is -2.12. The van der Waals surface area contributed by atoms with Crippen molar-refractivity contribution in [1.82, 2.24) is 5.32 Å². The minimum absolute atomic E-state index is 0.0569. The lowest BCUT2D eigenvalue weighted by Crippen LogP contribution is -2.22. The van der Waals surface area contributed by atoms with Gasteiger partial charge in [-0.25, -0.2) is 0 Å². The number of nitrogens with one attached hydrogen (secondary N) is 1. The molecular weight excluding hydrogens is 530 g/mol. The predicted molar refractivity (Wildman–Crippen MR) is 183 cm³/mol. The van der Waals surface area contributed by atoms with Gasteiger partial charge in [-0.15, -0.1) is 0 Å². The van der Waals surface area contributed by atoms with Crippen LogP contribution in [0.4, 0.5) is 0 Å². The summed E-state index contributed by atoms with van der Waals surface area (Å²) in [7, 11) is 1.73. The zero-order chi connectivity index (χ0) is 30.8. The van der Waals surface area contributed by atoms with Crippen LogP contribution in [0.25, 0.3) is 0 Å². The molecule has 0 saturated heterocycles. The van der Waals surface area contributed by atoms with Crippen molar-refractivity contribution in [1.29, 1.82) is 0 Å². The van der Waals surface area contributed by atoms with Gasteiger partial charge in [-0.3, -0.25) is 4.79 Å². The number of benzene rings is 2. The van der Waals surface area contributed by atoms with Gasteiger partial charge in [-0.2, -0.15) is 0 Å². The predicted octanol–water partition coefficient (Wildman–Crippen LogP) is 11.1. The molecule has 0 unspecified atom stereocenters. The normalized spacial score (nSPS) is 11.0. The molecule has 4 nitrogen and oxygen atoms in total. The lowest BCUT2D eigenvalue weighted by atomic mass is 10.0. The summed E-state index contributed by atoms with van der Waals surface area (Å²) in [5.41, 5.74) is 3.59. The fourth-order valence-corrected chi connectivity index (χ4v) is 5.66. The Morgan fingerprint density at radius 3 is 1.74 bits per heavy atom. The monoisotopic (exact) mass is 593 g/mol. The second kappa shape index (κ2) is 24.9. The quantitative estimate of drug-likeness (QED) is 0.105. The van der Waals surface area contributed by atoms with Crippen LogP contribution >= 0.6 is 0 Å². The van der Waals surface area contributed by atoms with Crippen molar-refractivity contribution in [2.75, 3.05) is 13.7 Å². The summed E-state index contributed by atoms with van der Waals surface area (Å²) in [6.45, 7) is 5.44. The highest BCUT2D eigenvalue weighted by Gasteiger charge is 2.07. The van der Waals surface area contributed by atoms with Crippen molar-refractivity contribution in [2.24, 2.45) is 0 Å². The fourth-order valence-electron chi connectivity index (χ4n) is 5.66. The third kappa shape index (κ3) is 18.7. The molecule has 0 atom stereocenters. The molecule has 0 radical (unpaired) electrons. The van der Waals surface area contributed by atoms with Crippen molar-refractivity contribution in [3.63, 3.8) is 0 Å². The van der Waals surface area contributed by atoms with E-state index in [1.54, 1.807) is 7.11 Å². The molecule has 2 rings (SSSR count). The molecule has 0 fully saturated rings. The van der Waals surface area contributed by atoms with E-state index in [0.717, 1.165) is 23.5 Å². The van der Waals surface area contributed by atoms with Gasteiger partial charge in [-0.05, 0) is 43.4 Å². The maximum absolute atomic E-state index is 12.2. The minimum Gasteiger partial charge on any atom is -0.496 e. The summed E-state index contributed by atoms with van der Waals surface area (Å²) in [5, 5.41) is 2.99. The largest absolute Gasteiger partial charge is 0.496 e. The molecule has 0 aliphatic heterocycles. The Balaban J connectivity index is 1.43. The first-order valence-electron chi connectivity index (χ1n) is 17.7. The number of hydrogen-bond donors (Lipinski definition) is 1. The second-order valence-electron chi connectivity index (χ2n) is 12.4. The van der Waals surface area contributed by atoms with Crippen molar-refractivity contribution in [2.45, 2.75) is 155 Å². The molecule has 0 heterocycles. The van der Waals surface area contributed by atoms with E-state index < -0.39 is 0 Å². The van der Waals surface area contributed by atoms with Crippen molar-refractivity contribution in [3.05, 3.63) is 59.2 Å². The average molecular weight is 594 g/mol. The standard InChI is InChI=1S/C39H63NO3/c1-4-5-6-7-8-9-10-11-12-13-14-15-16-17-18-19-20-21-23-36-29-30-37(32-38(36)42-3)43-31-22-24-39(41)40-33-35-27-25-34(2)26-28-35/h25-30,32H,4-24,31,33H2,1-3H3,(H,40,41). The first-order valence-corrected chi connectivity index (χ1v) is 17.7. The first-order chi connectivity index (χ1) is 21.1. The number of carbonyl (C=O) groups excluding carboxylic acids is 1. The molecule has 0 bridgehead atoms. The van der Waals surface area contributed by atoms with Crippen LogP contribution in [0.2, 0.25) is 0 Å². The van der Waals surface area contributed by atoms with Gasteiger partial charge in [0.2, 0.25) is 5.91 Å². The van der Waals surface area contributed by atoms with Gasteiger partial charge in [0.1, 0.15) is 11.5 Å². The average Bonchev–Trinajstić information content (AvgIpc) is 3.02. The number of unbranched alkanes of at least 4 members (excludes halogenated alkanes) is 17. The smallest absolute Gasteiger partial charge is 0.220 e. The number of methoxy groups -OCH3 is 1. The van der Waals surface area contributed by atoms with Crippen LogP contribution in [0.15, 0.2) is 42.5 Å². The number of rotatable bonds is 27. The van der Waals surface area contributed by atoms with Crippen LogP contribution in [0.3, 0.4) is 0 Å². The van der Waals surface area contributed by atoms with Crippen LogP contribution in [-0.4, -0.2) is 19.6 Å². The minimum atomic E-state index is 0.0569. The number of amides is 1. The van der Waals surface area contributed by atoms with Gasteiger partial charge in [0.25, 0.3) is 0 Å². The van der Waals surface area contributed by atoms with Gasteiger partial charge < -0.3 is 14.8 Å². The topological polar surface area (TPSA) is 47.6 Å². The Kier molecular flexibility index (Phi) is 21.3. The van der Waals surface area contributed by atoms with E-state index in [1.807, 2.05) is 12.1 Å². The zero-order valence-corrected chi connectivity index (χ0v) is 28.0. The Labute approximate surface area is 264 Å². The maximum Gasteiger partial charge on any atom is 0.220 e. The van der Waals surface area contributed by atoms with E-state index >= 15 is 0 Å². The zero-order valence-electron chi connectivity index (χ0n) is 28.0. The molecule has 43 heavy (non-hydrogen) atoms. The number of carbonyl (C=O) groups is 1. The van der Waals surface area contributed by atoms with Crippen LogP contribution in [0, 0.1) is 6.92 Å². The molecule has 4 heteroatoms. The van der Waals surface area contributed by atoms with Crippen LogP contribution in [-0.2, 0) is 17.8 Å². The van der Waals surface area contributed by atoms with Crippen molar-refractivity contribution < 1.29 is 14.3 Å². The molecule has 1 amide bonds. The van der Waals surface area contributed by atoms with E-state index in [9.17, 15) is 4.79 Å². The summed E-state index contributed by atoms with van der Waals surface area (Å²) in [6.07, 6.45) is 27.4. The Morgan fingerprint density at radius 2 is 1.21 bits per heavy atom. The molecule has 2 aromatic carbocycles. The Morgan fingerprint density at radius 1 is 0.674 bits per heavy atom. The summed E-state index contributed by atoms with van der Waals surface area (Å²) in [6, 6.07) is 14.4. The second-order valence-corrected chi connectivity index (χ2v) is 12.4. The van der Waals surface area contributed by atoms with Gasteiger partial charge in [-0.1, -0.05) is 152 Å². The van der Waals surface area contributed by atoms with Gasteiger partial charge >= 0.3 is 0 Å². The van der Waals surface area contributed by atoms with E-state index in [0.29, 0.717) is 26.0 Å². The van der Waals surface area contributed by atoms with Crippen LogP contribution in [0.5, 0.6) is 11.5 Å². The summed E-state index contributed by atoms with van der Waals surface area (Å²) in [5.74, 6) is 1.76. The SMILES string of the molecule is CCCCCCCCCCCCCCCCCCCCc1ccc(OCCCC(=O)NCc2ccc(C)cc2)cc1OC. The van der Waals surface area contributed by atoms with E-state index in [4.69, 9.17) is 9.47 Å². The first kappa shape index (κ1) is 36.7. The van der Waals surface area contributed by atoms with E-state index in [1.165, 1.54) is 127 Å². The third-order valence-electron chi connectivity index (χ3n) is 8.49. The van der Waals surface area contributed by atoms with Gasteiger partial charge in [0.05, 0.1) is 13.7 Å². The summed E-state index contributed by atoms with van der Waals surface area (Å²) < 4.78 is 11.6. The molecule has 1 N–H and O–H groups in total. The van der Waals surface area contributed by atoms with Crippen LogP contribution < -0.4 is 14.8 Å². The summed E-state index contributed by atoms with van der Waals surface area (Å²) in [4.78, 5) is 12.2. The highest BCUT2D eigenvalue weighted by Crippen LogP contribution is 2.27. The fraction of sp³-hybridized carbons (Fsp3) is 0.667. The van der Waals surface area contributed by atoms with Gasteiger partial charge in [0, 0.05) is 19.0 Å². The number of aryl methyl sites for hydroxylation is 2. The Bertz CT molecular complexity index is 955. The molecule has 2 aromatic rings. The van der Waals surface area contributed by atoms with Crippen molar-refractivity contribution >= 4 is 5.91 Å². The molecule has 242 valence electrons. The Hall–Kier alpha value is -2.49. The molecule has 0 aliphatic carbocycles. The molecular formula is C39H63NO3. The maximum atomic E-state index is 12.2. The molecule has 0 saturated carbocycles. The number of ether oxygens (including phenoxy) is 2. The molecule has 0 spiro atoms. The molecule has 0 aliphatic rings. The van der Waals surface area contributed by atoms with E-state index in [2.05, 4.69) is 49.5 Å². The highest BCUT2D eigenvalue weighted by atomic mass is 16.5. The van der Waals surface area contributed by atoms with E-state index in [-0.39, 0.29) is 5.91 Å². The summed E-state index contributed by atoms with van der Waals surface area (Å²) >= 11 is 0. The van der Waals surface area contributed by atoms with Crippen LogP contribution in [0.1, 0.15) is 152 Å². The number of hydrogen-bond acceptors (Lipinski definition) is 3. The van der Waals surface area contributed by atoms with Gasteiger partial charge in [0.15, 0.2) is 0 Å². The molecule has 0 aromatic heterocycles. The third-order valence-corrected chi connectivity index (χ3v) is 8.49. The van der Waals surface area contributed by atoms with Crippen molar-refractivity contribution in [3.8, 4) is 11.5 Å². The highest BCUT2D eigenvalue weighted by molar-refractivity contribution is 5.75.